The molecule has 1 N–H and O–H groups in total. The SMILES string of the molecule is CNCc1cc(-c2ccccc2)n(S(=O)(=O)c2cccc(OC)c2)c1.Cl. The Bertz CT molecular complexity index is 969. The van der Waals surface area contributed by atoms with Gasteiger partial charge < -0.3 is 10.1 Å². The molecule has 0 aliphatic heterocycles. The second kappa shape index (κ2) is 8.40. The third-order valence-electron chi connectivity index (χ3n) is 3.89. The first-order valence-electron chi connectivity index (χ1n) is 7.87. The third-order valence-corrected chi connectivity index (χ3v) is 5.56. The average molecular weight is 393 g/mol. The second-order valence-electron chi connectivity index (χ2n) is 5.61. The first-order valence-corrected chi connectivity index (χ1v) is 9.31. The van der Waals surface area contributed by atoms with Gasteiger partial charge in [-0.25, -0.2) is 12.4 Å². The Morgan fingerprint density at radius 3 is 2.42 bits per heavy atom. The third kappa shape index (κ3) is 3.93. The molecule has 3 rings (SSSR count). The van der Waals surface area contributed by atoms with Crippen molar-refractivity contribution in [2.45, 2.75) is 11.4 Å². The molecule has 0 aliphatic rings. The van der Waals surface area contributed by atoms with E-state index in [4.69, 9.17) is 4.74 Å². The molecule has 1 aromatic heterocycles. The van der Waals surface area contributed by atoms with Gasteiger partial charge in [-0.15, -0.1) is 12.4 Å². The van der Waals surface area contributed by atoms with Crippen LogP contribution in [0.3, 0.4) is 0 Å². The quantitative estimate of drug-likeness (QED) is 0.697. The highest BCUT2D eigenvalue weighted by molar-refractivity contribution is 7.90. The number of ether oxygens (including phenoxy) is 1. The van der Waals surface area contributed by atoms with Crippen LogP contribution in [0, 0.1) is 0 Å². The van der Waals surface area contributed by atoms with E-state index in [2.05, 4.69) is 5.32 Å². The van der Waals surface area contributed by atoms with E-state index < -0.39 is 10.0 Å². The molecule has 0 saturated carbocycles. The van der Waals surface area contributed by atoms with Crippen molar-refractivity contribution in [1.82, 2.24) is 9.29 Å². The zero-order chi connectivity index (χ0) is 17.9. The lowest BCUT2D eigenvalue weighted by Crippen LogP contribution is -2.13. The van der Waals surface area contributed by atoms with Crippen LogP contribution in [-0.2, 0) is 16.6 Å². The van der Waals surface area contributed by atoms with E-state index in [1.165, 1.54) is 17.1 Å². The average Bonchev–Trinajstić information content (AvgIpc) is 3.08. The van der Waals surface area contributed by atoms with Gasteiger partial charge in [-0.3, -0.25) is 0 Å². The first-order chi connectivity index (χ1) is 12.1. The van der Waals surface area contributed by atoms with Gasteiger partial charge in [-0.1, -0.05) is 36.4 Å². The van der Waals surface area contributed by atoms with Crippen LogP contribution in [0.1, 0.15) is 5.56 Å². The molecule has 5 nitrogen and oxygen atoms in total. The van der Waals surface area contributed by atoms with Gasteiger partial charge in [0.1, 0.15) is 5.75 Å². The van der Waals surface area contributed by atoms with Gasteiger partial charge >= 0.3 is 0 Å². The molecule has 0 spiro atoms. The zero-order valence-electron chi connectivity index (χ0n) is 14.5. The van der Waals surface area contributed by atoms with E-state index in [0.717, 1.165) is 11.1 Å². The minimum atomic E-state index is -3.74. The Balaban J connectivity index is 0.00000243. The van der Waals surface area contributed by atoms with Crippen LogP contribution in [0.4, 0.5) is 0 Å². The van der Waals surface area contributed by atoms with Crippen molar-refractivity contribution < 1.29 is 13.2 Å². The number of nitrogens with zero attached hydrogens (tertiary/aromatic N) is 1. The van der Waals surface area contributed by atoms with Crippen LogP contribution in [0.5, 0.6) is 5.75 Å². The number of methoxy groups -OCH3 is 1. The maximum Gasteiger partial charge on any atom is 0.268 e. The molecule has 0 aliphatic carbocycles. The van der Waals surface area contributed by atoms with Crippen molar-refractivity contribution in [3.63, 3.8) is 0 Å². The van der Waals surface area contributed by atoms with Gasteiger partial charge in [0.25, 0.3) is 10.0 Å². The summed E-state index contributed by atoms with van der Waals surface area (Å²) in [6.07, 6.45) is 1.66. The molecule has 2 aromatic carbocycles. The molecule has 0 fully saturated rings. The summed E-state index contributed by atoms with van der Waals surface area (Å²) in [4.78, 5) is 0.190. The summed E-state index contributed by atoms with van der Waals surface area (Å²) in [6, 6.07) is 17.9. The molecular formula is C19H21ClN2O3S. The highest BCUT2D eigenvalue weighted by atomic mass is 35.5. The number of benzene rings is 2. The number of rotatable bonds is 6. The number of hydrogen-bond acceptors (Lipinski definition) is 4. The van der Waals surface area contributed by atoms with E-state index in [1.807, 2.05) is 43.4 Å². The van der Waals surface area contributed by atoms with Crippen molar-refractivity contribution in [3.05, 3.63) is 72.4 Å². The predicted octanol–water partition coefficient (Wildman–Crippen LogP) is 3.54. The van der Waals surface area contributed by atoms with E-state index in [-0.39, 0.29) is 17.3 Å². The first kappa shape index (κ1) is 20.0. The Hall–Kier alpha value is -2.28. The lowest BCUT2D eigenvalue weighted by atomic mass is 10.1. The van der Waals surface area contributed by atoms with Gasteiger partial charge in [-0.2, -0.15) is 0 Å². The maximum atomic E-state index is 13.2. The second-order valence-corrected chi connectivity index (χ2v) is 7.42. The van der Waals surface area contributed by atoms with Gasteiger partial charge in [-0.05, 0) is 36.4 Å². The molecule has 7 heteroatoms. The van der Waals surface area contributed by atoms with Crippen molar-refractivity contribution >= 4 is 22.4 Å². The molecule has 0 bridgehead atoms. The minimum Gasteiger partial charge on any atom is -0.497 e. The summed E-state index contributed by atoms with van der Waals surface area (Å²) in [6.45, 7) is 0.584. The molecule has 0 radical (unpaired) electrons. The highest BCUT2D eigenvalue weighted by Crippen LogP contribution is 2.28. The lowest BCUT2D eigenvalue weighted by molar-refractivity contribution is 0.413. The van der Waals surface area contributed by atoms with Crippen LogP contribution in [0.25, 0.3) is 11.3 Å². The largest absolute Gasteiger partial charge is 0.497 e. The summed E-state index contributed by atoms with van der Waals surface area (Å²) in [7, 11) is -0.394. The van der Waals surface area contributed by atoms with E-state index in [0.29, 0.717) is 18.0 Å². The summed E-state index contributed by atoms with van der Waals surface area (Å²) >= 11 is 0. The van der Waals surface area contributed by atoms with Crippen molar-refractivity contribution in [3.8, 4) is 17.0 Å². The molecule has 0 unspecified atom stereocenters. The van der Waals surface area contributed by atoms with Crippen molar-refractivity contribution in [1.29, 1.82) is 0 Å². The van der Waals surface area contributed by atoms with E-state index >= 15 is 0 Å². The van der Waals surface area contributed by atoms with Crippen LogP contribution in [-0.4, -0.2) is 26.5 Å². The van der Waals surface area contributed by atoms with Crippen LogP contribution in [0.15, 0.2) is 71.8 Å². The zero-order valence-corrected chi connectivity index (χ0v) is 16.2. The Labute approximate surface area is 160 Å². The van der Waals surface area contributed by atoms with Gasteiger partial charge in [0, 0.05) is 18.8 Å². The Kier molecular flexibility index (Phi) is 6.47. The number of aromatic nitrogens is 1. The summed E-state index contributed by atoms with van der Waals surface area (Å²) < 4.78 is 32.9. The van der Waals surface area contributed by atoms with Crippen LogP contribution in [0.2, 0.25) is 0 Å². The molecule has 26 heavy (non-hydrogen) atoms. The number of nitrogens with one attached hydrogen (secondary N) is 1. The van der Waals surface area contributed by atoms with Gasteiger partial charge in [0.05, 0.1) is 17.7 Å². The Morgan fingerprint density at radius 2 is 1.77 bits per heavy atom. The monoisotopic (exact) mass is 392 g/mol. The summed E-state index contributed by atoms with van der Waals surface area (Å²) in [5.41, 5.74) is 2.37. The fourth-order valence-electron chi connectivity index (χ4n) is 2.69. The maximum absolute atomic E-state index is 13.2. The van der Waals surface area contributed by atoms with Crippen LogP contribution < -0.4 is 10.1 Å². The van der Waals surface area contributed by atoms with Crippen LogP contribution >= 0.6 is 12.4 Å². The normalized spacial score (nSPS) is 11.0. The summed E-state index contributed by atoms with van der Waals surface area (Å²) in [5, 5.41) is 3.06. The van der Waals surface area contributed by atoms with Gasteiger partial charge in [0.15, 0.2) is 0 Å². The predicted molar refractivity (Wildman–Crippen MR) is 105 cm³/mol. The molecule has 0 saturated heterocycles. The molecular weight excluding hydrogens is 372 g/mol. The molecule has 3 aromatic rings. The fraction of sp³-hybridized carbons (Fsp3) is 0.158. The standard InChI is InChI=1S/C19H20N2O3S.ClH/c1-20-13-15-11-19(16-7-4-3-5-8-16)21(14-15)25(22,23)18-10-6-9-17(12-18)24-2;/h3-12,14,20H,13H2,1-2H3;1H. The van der Waals surface area contributed by atoms with Crippen molar-refractivity contribution in [2.75, 3.05) is 14.2 Å². The van der Waals surface area contributed by atoms with E-state index in [9.17, 15) is 8.42 Å². The van der Waals surface area contributed by atoms with E-state index in [1.54, 1.807) is 24.4 Å². The van der Waals surface area contributed by atoms with Crippen molar-refractivity contribution in [2.24, 2.45) is 0 Å². The smallest absolute Gasteiger partial charge is 0.268 e. The molecule has 0 atom stereocenters. The van der Waals surface area contributed by atoms with Gasteiger partial charge in [0.2, 0.25) is 0 Å². The topological polar surface area (TPSA) is 60.3 Å². The molecule has 1 heterocycles. The number of hydrogen-bond donors (Lipinski definition) is 1. The summed E-state index contributed by atoms with van der Waals surface area (Å²) in [5.74, 6) is 0.505. The Morgan fingerprint density at radius 1 is 1.04 bits per heavy atom. The highest BCUT2D eigenvalue weighted by Gasteiger charge is 2.22. The fourth-order valence-corrected chi connectivity index (χ4v) is 4.12. The number of halogens is 1. The lowest BCUT2D eigenvalue weighted by Gasteiger charge is -2.11. The molecule has 138 valence electrons. The minimum absolute atomic E-state index is 0. The molecule has 0 amide bonds.